The van der Waals surface area contributed by atoms with Crippen LogP contribution in [0.1, 0.15) is 58.0 Å². The van der Waals surface area contributed by atoms with Crippen molar-refractivity contribution in [1.29, 1.82) is 0 Å². The maximum absolute atomic E-state index is 13.4. The van der Waals surface area contributed by atoms with Crippen LogP contribution in [0.25, 0.3) is 0 Å². The summed E-state index contributed by atoms with van der Waals surface area (Å²) in [5.41, 5.74) is 3.22. The van der Waals surface area contributed by atoms with Crippen molar-refractivity contribution in [2.45, 2.75) is 39.2 Å². The first-order valence-corrected chi connectivity index (χ1v) is 13.8. The molecule has 3 aromatic rings. The van der Waals surface area contributed by atoms with Gasteiger partial charge in [0.25, 0.3) is 11.8 Å². The first kappa shape index (κ1) is 28.4. The summed E-state index contributed by atoms with van der Waals surface area (Å²) in [5, 5.41) is 0. The molecule has 39 heavy (non-hydrogen) atoms. The second-order valence-corrected chi connectivity index (χ2v) is 10.1. The van der Waals surface area contributed by atoms with Crippen molar-refractivity contribution >= 4 is 11.8 Å². The second kappa shape index (κ2) is 14.0. The summed E-state index contributed by atoms with van der Waals surface area (Å²) in [6.07, 6.45) is 4.63. The van der Waals surface area contributed by atoms with Gasteiger partial charge in [-0.2, -0.15) is 0 Å². The first-order valence-electron chi connectivity index (χ1n) is 13.8. The number of halogens is 2. The lowest BCUT2D eigenvalue weighted by molar-refractivity contribution is 0.0598. The van der Waals surface area contributed by atoms with E-state index in [1.165, 1.54) is 61.2 Å². The summed E-state index contributed by atoms with van der Waals surface area (Å²) in [6, 6.07) is 19.6. The number of piperazine rings is 1. The van der Waals surface area contributed by atoms with Gasteiger partial charge in [-0.05, 0) is 72.5 Å². The fraction of sp³-hybridized carbons (Fsp3) is 0.375. The topological polar surface area (TPSA) is 43.9 Å². The van der Waals surface area contributed by atoms with E-state index in [9.17, 15) is 18.4 Å². The number of hydrogen-bond acceptors (Lipinski definition) is 3. The third kappa shape index (κ3) is 8.20. The van der Waals surface area contributed by atoms with Crippen LogP contribution < -0.4 is 0 Å². The van der Waals surface area contributed by atoms with E-state index < -0.39 is 5.82 Å². The van der Waals surface area contributed by atoms with Gasteiger partial charge in [-0.1, -0.05) is 44.0 Å². The normalized spacial score (nSPS) is 13.9. The van der Waals surface area contributed by atoms with E-state index in [1.54, 1.807) is 17.0 Å². The lowest BCUT2D eigenvalue weighted by Gasteiger charge is -2.36. The molecule has 0 saturated carbocycles. The fourth-order valence-electron chi connectivity index (χ4n) is 4.85. The zero-order valence-electron chi connectivity index (χ0n) is 22.6. The van der Waals surface area contributed by atoms with Gasteiger partial charge in [0.1, 0.15) is 11.6 Å². The van der Waals surface area contributed by atoms with E-state index >= 15 is 0 Å². The quantitative estimate of drug-likeness (QED) is 0.293. The molecule has 5 nitrogen and oxygen atoms in total. The number of benzene rings is 3. The molecule has 0 unspecified atom stereocenters. The van der Waals surface area contributed by atoms with Gasteiger partial charge in [-0.15, -0.1) is 0 Å². The molecule has 206 valence electrons. The lowest BCUT2D eigenvalue weighted by Crippen LogP contribution is -2.50. The Kier molecular flexibility index (Phi) is 10.2. The van der Waals surface area contributed by atoms with E-state index in [0.717, 1.165) is 30.6 Å². The van der Waals surface area contributed by atoms with Gasteiger partial charge in [-0.25, -0.2) is 8.78 Å². The number of rotatable bonds is 11. The molecule has 2 amide bonds. The van der Waals surface area contributed by atoms with Crippen LogP contribution in [0.2, 0.25) is 0 Å². The standard InChI is InChI=1S/C32H37F2N3O2/c1-2-3-4-5-25-6-10-27(11-7-25)31(38)36-21-18-35(19-22-36)20-23-37(24-26-8-14-29(33)15-9-26)32(39)28-12-16-30(34)17-13-28/h6-17H,2-5,18-24H2,1H3. The molecule has 1 aliphatic rings. The molecule has 0 N–H and O–H groups in total. The number of nitrogens with zero attached hydrogens (tertiary/aromatic N) is 3. The first-order chi connectivity index (χ1) is 18.9. The van der Waals surface area contributed by atoms with Gasteiger partial charge in [-0.3, -0.25) is 14.5 Å². The van der Waals surface area contributed by atoms with Gasteiger partial charge in [0, 0.05) is 56.9 Å². The zero-order valence-corrected chi connectivity index (χ0v) is 22.6. The molecule has 0 atom stereocenters. The Bertz CT molecular complexity index is 1210. The Morgan fingerprint density at radius 2 is 1.31 bits per heavy atom. The highest BCUT2D eigenvalue weighted by atomic mass is 19.1. The van der Waals surface area contributed by atoms with Gasteiger partial charge in [0.2, 0.25) is 0 Å². The number of carbonyl (C=O) groups is 2. The van der Waals surface area contributed by atoms with Crippen molar-refractivity contribution in [2.75, 3.05) is 39.3 Å². The van der Waals surface area contributed by atoms with Crippen molar-refractivity contribution in [3.05, 3.63) is 107 Å². The summed E-state index contributed by atoms with van der Waals surface area (Å²) in [4.78, 5) is 32.1. The van der Waals surface area contributed by atoms with Crippen molar-refractivity contribution in [2.24, 2.45) is 0 Å². The van der Waals surface area contributed by atoms with Crippen LogP contribution in [-0.4, -0.2) is 65.8 Å². The number of aryl methyl sites for hydroxylation is 1. The number of hydrogen-bond donors (Lipinski definition) is 0. The predicted molar refractivity (Wildman–Crippen MR) is 150 cm³/mol. The molecule has 1 saturated heterocycles. The minimum absolute atomic E-state index is 0.0548. The molecular formula is C32H37F2N3O2. The molecule has 4 rings (SSSR count). The van der Waals surface area contributed by atoms with Gasteiger partial charge in [0.15, 0.2) is 0 Å². The molecule has 0 spiro atoms. The molecule has 7 heteroatoms. The van der Waals surface area contributed by atoms with E-state index in [1.807, 2.05) is 17.0 Å². The van der Waals surface area contributed by atoms with Crippen LogP contribution in [0.3, 0.4) is 0 Å². The summed E-state index contributed by atoms with van der Waals surface area (Å²) in [5.74, 6) is -0.872. The largest absolute Gasteiger partial charge is 0.336 e. The molecule has 0 aromatic heterocycles. The highest BCUT2D eigenvalue weighted by Crippen LogP contribution is 2.15. The molecule has 0 radical (unpaired) electrons. The Morgan fingerprint density at radius 1 is 0.744 bits per heavy atom. The average Bonchev–Trinajstić information content (AvgIpc) is 2.97. The van der Waals surface area contributed by atoms with Crippen LogP contribution >= 0.6 is 0 Å². The molecule has 3 aromatic carbocycles. The third-order valence-electron chi connectivity index (χ3n) is 7.28. The highest BCUT2D eigenvalue weighted by Gasteiger charge is 2.24. The lowest BCUT2D eigenvalue weighted by atomic mass is 10.0. The average molecular weight is 534 g/mol. The number of amides is 2. The van der Waals surface area contributed by atoms with Crippen LogP contribution in [0.4, 0.5) is 8.78 Å². The van der Waals surface area contributed by atoms with Crippen LogP contribution in [0.15, 0.2) is 72.8 Å². The molecule has 1 aliphatic heterocycles. The molecule has 0 aliphatic carbocycles. The second-order valence-electron chi connectivity index (χ2n) is 10.1. The monoisotopic (exact) mass is 533 g/mol. The minimum Gasteiger partial charge on any atom is -0.336 e. The van der Waals surface area contributed by atoms with Gasteiger partial charge >= 0.3 is 0 Å². The minimum atomic E-state index is -0.396. The van der Waals surface area contributed by atoms with Crippen molar-refractivity contribution in [3.63, 3.8) is 0 Å². The van der Waals surface area contributed by atoms with E-state index in [4.69, 9.17) is 0 Å². The number of carbonyl (C=O) groups excluding carboxylic acids is 2. The summed E-state index contributed by atoms with van der Waals surface area (Å²) in [6.45, 7) is 6.31. The Labute approximate surface area is 230 Å². The summed E-state index contributed by atoms with van der Waals surface area (Å²) in [7, 11) is 0. The van der Waals surface area contributed by atoms with Crippen molar-refractivity contribution in [3.8, 4) is 0 Å². The SMILES string of the molecule is CCCCCc1ccc(C(=O)N2CCN(CCN(Cc3ccc(F)cc3)C(=O)c3ccc(F)cc3)CC2)cc1. The molecule has 1 fully saturated rings. The van der Waals surface area contributed by atoms with Crippen molar-refractivity contribution in [1.82, 2.24) is 14.7 Å². The maximum Gasteiger partial charge on any atom is 0.254 e. The van der Waals surface area contributed by atoms with E-state index in [-0.39, 0.29) is 17.6 Å². The smallest absolute Gasteiger partial charge is 0.254 e. The van der Waals surface area contributed by atoms with E-state index in [2.05, 4.69) is 24.0 Å². The van der Waals surface area contributed by atoms with E-state index in [0.29, 0.717) is 38.3 Å². The maximum atomic E-state index is 13.4. The fourth-order valence-corrected chi connectivity index (χ4v) is 4.85. The van der Waals surface area contributed by atoms with Crippen LogP contribution in [-0.2, 0) is 13.0 Å². The Balaban J connectivity index is 1.31. The molecule has 0 bridgehead atoms. The van der Waals surface area contributed by atoms with Crippen molar-refractivity contribution < 1.29 is 18.4 Å². The Hall–Kier alpha value is -3.58. The van der Waals surface area contributed by atoms with Gasteiger partial charge in [0.05, 0.1) is 0 Å². The highest BCUT2D eigenvalue weighted by molar-refractivity contribution is 5.94. The third-order valence-corrected chi connectivity index (χ3v) is 7.28. The van der Waals surface area contributed by atoms with Crippen LogP contribution in [0.5, 0.6) is 0 Å². The molecule has 1 heterocycles. The summed E-state index contributed by atoms with van der Waals surface area (Å²) >= 11 is 0. The summed E-state index contributed by atoms with van der Waals surface area (Å²) < 4.78 is 26.8. The predicted octanol–water partition coefficient (Wildman–Crippen LogP) is 5.80. The number of unbranched alkanes of at least 4 members (excludes halogenated alkanes) is 2. The van der Waals surface area contributed by atoms with Gasteiger partial charge < -0.3 is 9.80 Å². The Morgan fingerprint density at radius 3 is 1.92 bits per heavy atom. The molecular weight excluding hydrogens is 496 g/mol. The van der Waals surface area contributed by atoms with Crippen LogP contribution in [0, 0.1) is 11.6 Å². The zero-order chi connectivity index (χ0) is 27.6.